The number of carboxylic acid groups (broad SMARTS) is 1. The fourth-order valence-electron chi connectivity index (χ4n) is 0.780. The van der Waals surface area contributed by atoms with E-state index in [1.807, 2.05) is 0 Å². The zero-order valence-corrected chi connectivity index (χ0v) is 6.44. The van der Waals surface area contributed by atoms with E-state index in [1.54, 1.807) is 0 Å². The van der Waals surface area contributed by atoms with Crippen LogP contribution in [0.2, 0.25) is 0 Å². The van der Waals surface area contributed by atoms with Crippen molar-refractivity contribution in [3.05, 3.63) is 24.0 Å². The largest absolute Gasteiger partial charge is 0.475 e. The maximum absolute atomic E-state index is 10.4. The quantitative estimate of drug-likeness (QED) is 0.609. The summed E-state index contributed by atoms with van der Waals surface area (Å²) in [7, 11) is 0. The molecule has 0 aliphatic carbocycles. The van der Waals surface area contributed by atoms with Crippen molar-refractivity contribution in [2.24, 2.45) is 5.11 Å². The SMILES string of the molecule is CC1(N=N)C=CC=C(C(=O)O)O1. The lowest BCUT2D eigenvalue weighted by Crippen LogP contribution is -2.26. The van der Waals surface area contributed by atoms with Gasteiger partial charge in [-0.15, -0.1) is 5.11 Å². The number of allylic oxidation sites excluding steroid dienone is 2. The first-order valence-electron chi connectivity index (χ1n) is 3.28. The third-order valence-corrected chi connectivity index (χ3v) is 1.40. The minimum atomic E-state index is -1.16. The molecule has 0 aromatic rings. The van der Waals surface area contributed by atoms with E-state index in [-0.39, 0.29) is 5.76 Å². The molecule has 12 heavy (non-hydrogen) atoms. The molecule has 1 rings (SSSR count). The Labute approximate surface area is 68.8 Å². The van der Waals surface area contributed by atoms with Crippen LogP contribution in [0.1, 0.15) is 6.92 Å². The number of hydrogen-bond donors (Lipinski definition) is 2. The van der Waals surface area contributed by atoms with Gasteiger partial charge in [0.05, 0.1) is 0 Å². The molecule has 0 fully saturated rings. The first-order valence-corrected chi connectivity index (χ1v) is 3.28. The summed E-state index contributed by atoms with van der Waals surface area (Å²) in [6, 6.07) is 0. The molecule has 0 radical (unpaired) electrons. The first kappa shape index (κ1) is 8.45. The van der Waals surface area contributed by atoms with Gasteiger partial charge in [0, 0.05) is 6.92 Å². The van der Waals surface area contributed by atoms with Crippen molar-refractivity contribution < 1.29 is 14.6 Å². The predicted molar refractivity (Wildman–Crippen MR) is 39.5 cm³/mol. The van der Waals surface area contributed by atoms with Crippen LogP contribution in [0.3, 0.4) is 0 Å². The zero-order chi connectivity index (χ0) is 9.19. The minimum absolute atomic E-state index is 0.198. The molecule has 1 aliphatic rings. The van der Waals surface area contributed by atoms with Crippen LogP contribution >= 0.6 is 0 Å². The minimum Gasteiger partial charge on any atom is -0.475 e. The van der Waals surface area contributed by atoms with E-state index in [0.29, 0.717) is 0 Å². The van der Waals surface area contributed by atoms with Crippen molar-refractivity contribution in [2.45, 2.75) is 12.6 Å². The molecular weight excluding hydrogens is 160 g/mol. The molecular formula is C7H8N2O3. The molecule has 0 aromatic carbocycles. The molecule has 1 heterocycles. The Morgan fingerprint density at radius 2 is 2.50 bits per heavy atom. The van der Waals surface area contributed by atoms with Crippen LogP contribution in [0.15, 0.2) is 29.1 Å². The van der Waals surface area contributed by atoms with Crippen LogP contribution in [0.5, 0.6) is 0 Å². The summed E-state index contributed by atoms with van der Waals surface area (Å²) in [5, 5.41) is 11.7. The molecule has 0 spiro atoms. The van der Waals surface area contributed by atoms with Crippen molar-refractivity contribution in [1.29, 1.82) is 5.53 Å². The lowest BCUT2D eigenvalue weighted by Gasteiger charge is -2.23. The van der Waals surface area contributed by atoms with Gasteiger partial charge in [0.1, 0.15) is 0 Å². The fourth-order valence-corrected chi connectivity index (χ4v) is 0.780. The van der Waals surface area contributed by atoms with Crippen molar-refractivity contribution in [2.75, 3.05) is 0 Å². The van der Waals surface area contributed by atoms with E-state index in [0.717, 1.165) is 0 Å². The van der Waals surface area contributed by atoms with E-state index in [4.69, 9.17) is 15.4 Å². The van der Waals surface area contributed by atoms with Gasteiger partial charge in [0.2, 0.25) is 11.5 Å². The molecule has 0 amide bonds. The van der Waals surface area contributed by atoms with Crippen LogP contribution < -0.4 is 0 Å². The fraction of sp³-hybridized carbons (Fsp3) is 0.286. The summed E-state index contributed by atoms with van der Waals surface area (Å²) in [4.78, 5) is 10.4. The Hall–Kier alpha value is -1.65. The average Bonchev–Trinajstić information content (AvgIpc) is 2.05. The van der Waals surface area contributed by atoms with Crippen molar-refractivity contribution in [3.8, 4) is 0 Å². The van der Waals surface area contributed by atoms with Gasteiger partial charge in [-0.05, 0) is 12.2 Å². The Morgan fingerprint density at radius 1 is 1.83 bits per heavy atom. The van der Waals surface area contributed by atoms with Gasteiger partial charge in [-0.1, -0.05) is 6.08 Å². The second-order valence-corrected chi connectivity index (χ2v) is 2.46. The maximum atomic E-state index is 10.4. The number of carboxylic acids is 1. The van der Waals surface area contributed by atoms with Crippen LogP contribution in [0.4, 0.5) is 0 Å². The smallest absolute Gasteiger partial charge is 0.371 e. The third kappa shape index (κ3) is 1.50. The summed E-state index contributed by atoms with van der Waals surface area (Å²) in [5.41, 5.74) is 5.59. The monoisotopic (exact) mass is 168 g/mol. The van der Waals surface area contributed by atoms with Gasteiger partial charge in [0.25, 0.3) is 0 Å². The number of aliphatic carboxylic acids is 1. The summed E-state index contributed by atoms with van der Waals surface area (Å²) in [6.07, 6.45) is 4.33. The van der Waals surface area contributed by atoms with Gasteiger partial charge in [0.15, 0.2) is 0 Å². The van der Waals surface area contributed by atoms with Gasteiger partial charge in [-0.3, -0.25) is 0 Å². The zero-order valence-electron chi connectivity index (χ0n) is 6.44. The summed E-state index contributed by atoms with van der Waals surface area (Å²) in [6.45, 7) is 1.51. The topological polar surface area (TPSA) is 82.7 Å². The number of hydrogen-bond acceptors (Lipinski definition) is 4. The number of nitrogens with one attached hydrogen (secondary N) is 1. The Balaban J connectivity index is 2.87. The van der Waals surface area contributed by atoms with E-state index in [1.165, 1.54) is 25.2 Å². The molecule has 0 bridgehead atoms. The molecule has 64 valence electrons. The van der Waals surface area contributed by atoms with Crippen LogP contribution in [-0.4, -0.2) is 16.8 Å². The molecule has 1 unspecified atom stereocenters. The Bertz CT molecular complexity index is 282. The molecule has 0 saturated heterocycles. The standard InChI is InChI=1S/C7H8N2O3/c1-7(9-8)4-2-3-5(12-7)6(10)11/h2-4,8H,1H3,(H,10,11). The second-order valence-electron chi connectivity index (χ2n) is 2.46. The normalized spacial score (nSPS) is 27.2. The Kier molecular flexibility index (Phi) is 1.95. The average molecular weight is 168 g/mol. The summed E-state index contributed by atoms with van der Waals surface area (Å²) in [5.74, 6) is -1.36. The predicted octanol–water partition coefficient (Wildman–Crippen LogP) is 1.29. The Morgan fingerprint density at radius 3 is 3.00 bits per heavy atom. The number of rotatable bonds is 2. The molecule has 1 aliphatic heterocycles. The lowest BCUT2D eigenvalue weighted by atomic mass is 10.2. The molecule has 0 aromatic heterocycles. The molecule has 0 saturated carbocycles. The number of ether oxygens (including phenoxy) is 1. The van der Waals surface area contributed by atoms with Crippen LogP contribution in [0, 0.1) is 5.53 Å². The second kappa shape index (κ2) is 2.77. The van der Waals surface area contributed by atoms with Crippen molar-refractivity contribution in [3.63, 3.8) is 0 Å². The highest BCUT2D eigenvalue weighted by Crippen LogP contribution is 2.22. The number of carbonyl (C=O) groups is 1. The highest BCUT2D eigenvalue weighted by atomic mass is 16.5. The molecule has 2 N–H and O–H groups in total. The maximum Gasteiger partial charge on any atom is 0.371 e. The first-order chi connectivity index (χ1) is 5.57. The highest BCUT2D eigenvalue weighted by Gasteiger charge is 2.27. The third-order valence-electron chi connectivity index (χ3n) is 1.40. The lowest BCUT2D eigenvalue weighted by molar-refractivity contribution is -0.139. The van der Waals surface area contributed by atoms with Crippen molar-refractivity contribution in [1.82, 2.24) is 0 Å². The van der Waals surface area contributed by atoms with Crippen molar-refractivity contribution >= 4 is 5.97 Å². The molecule has 5 nitrogen and oxygen atoms in total. The van der Waals surface area contributed by atoms with E-state index >= 15 is 0 Å². The molecule has 5 heteroatoms. The van der Waals surface area contributed by atoms with Gasteiger partial charge >= 0.3 is 5.97 Å². The van der Waals surface area contributed by atoms with Crippen LogP contribution in [0.25, 0.3) is 0 Å². The van der Waals surface area contributed by atoms with Gasteiger partial charge < -0.3 is 9.84 Å². The molecule has 1 atom stereocenters. The van der Waals surface area contributed by atoms with Crippen LogP contribution in [-0.2, 0) is 9.53 Å². The van der Waals surface area contributed by atoms with E-state index in [9.17, 15) is 4.79 Å². The highest BCUT2D eigenvalue weighted by molar-refractivity contribution is 5.85. The van der Waals surface area contributed by atoms with E-state index < -0.39 is 11.7 Å². The van der Waals surface area contributed by atoms with Gasteiger partial charge in [-0.25, -0.2) is 10.3 Å². The van der Waals surface area contributed by atoms with E-state index in [2.05, 4.69) is 5.11 Å². The number of nitrogens with zero attached hydrogens (tertiary/aromatic N) is 1. The van der Waals surface area contributed by atoms with Gasteiger partial charge in [-0.2, -0.15) is 0 Å². The summed E-state index contributed by atoms with van der Waals surface area (Å²) < 4.78 is 4.91. The summed E-state index contributed by atoms with van der Waals surface area (Å²) >= 11 is 0.